The summed E-state index contributed by atoms with van der Waals surface area (Å²) in [6.07, 6.45) is 4.76. The second kappa shape index (κ2) is 9.90. The summed E-state index contributed by atoms with van der Waals surface area (Å²) in [6, 6.07) is 18.4. The van der Waals surface area contributed by atoms with E-state index in [1.807, 2.05) is 30.3 Å². The van der Waals surface area contributed by atoms with E-state index < -0.39 is 17.7 Å². The summed E-state index contributed by atoms with van der Waals surface area (Å²) in [5.41, 5.74) is 2.84. The van der Waals surface area contributed by atoms with E-state index in [1.165, 1.54) is 11.8 Å². The van der Waals surface area contributed by atoms with Gasteiger partial charge in [-0.1, -0.05) is 30.3 Å². The monoisotopic (exact) mass is 498 g/mol. The van der Waals surface area contributed by atoms with Crippen LogP contribution in [0.4, 0.5) is 0 Å². The molecule has 3 aliphatic rings. The molecule has 2 fully saturated rings. The SMILES string of the molecule is O=C1C(=O)N(C2CCN(Cc3ccccc3)CC2)C(c2ccco2)/C1=C(/O)c1ccc2c(c1)CCCO2. The number of amides is 1. The molecule has 1 N–H and O–H groups in total. The lowest BCUT2D eigenvalue weighted by Gasteiger charge is -2.38. The number of ether oxygens (including phenoxy) is 1. The Morgan fingerprint density at radius 3 is 2.57 bits per heavy atom. The number of fused-ring (bicyclic) bond motifs is 1. The normalized spacial score (nSPS) is 22.2. The van der Waals surface area contributed by atoms with Crippen LogP contribution in [0, 0.1) is 0 Å². The Kier molecular flexibility index (Phi) is 6.30. The number of carbonyl (C=O) groups is 2. The fraction of sp³-hybridized carbons (Fsp3) is 0.333. The molecule has 3 aliphatic heterocycles. The van der Waals surface area contributed by atoms with Crippen molar-refractivity contribution in [2.45, 2.75) is 44.3 Å². The van der Waals surface area contributed by atoms with E-state index in [1.54, 1.807) is 23.1 Å². The summed E-state index contributed by atoms with van der Waals surface area (Å²) in [6.45, 7) is 3.17. The van der Waals surface area contributed by atoms with Crippen LogP contribution in [0.3, 0.4) is 0 Å². The molecule has 7 heteroatoms. The van der Waals surface area contributed by atoms with Crippen molar-refractivity contribution in [1.29, 1.82) is 0 Å². The molecule has 1 aromatic heterocycles. The predicted molar refractivity (Wildman–Crippen MR) is 138 cm³/mol. The molecule has 7 nitrogen and oxygen atoms in total. The molecule has 1 atom stereocenters. The molecule has 190 valence electrons. The summed E-state index contributed by atoms with van der Waals surface area (Å²) in [7, 11) is 0. The Morgan fingerprint density at radius 1 is 1.00 bits per heavy atom. The maximum absolute atomic E-state index is 13.4. The molecule has 0 radical (unpaired) electrons. The predicted octanol–water partition coefficient (Wildman–Crippen LogP) is 4.69. The first-order valence-electron chi connectivity index (χ1n) is 13.0. The lowest BCUT2D eigenvalue weighted by atomic mass is 9.95. The number of aryl methyl sites for hydroxylation is 1. The van der Waals surface area contributed by atoms with E-state index >= 15 is 0 Å². The summed E-state index contributed by atoms with van der Waals surface area (Å²) in [5.74, 6) is -0.135. The minimum atomic E-state index is -0.757. The standard InChI is InChI=1S/C30H30N2O5/c33-28(22-10-11-24-21(18-22)8-4-16-36-24)26-27(25-9-5-17-37-25)32(30(35)29(26)34)23-12-14-31(15-13-23)19-20-6-2-1-3-7-20/h1-3,5-7,9-11,17-18,23,27,33H,4,8,12-16,19H2/b28-26-. The van der Waals surface area contributed by atoms with Gasteiger partial charge in [-0.25, -0.2) is 0 Å². The van der Waals surface area contributed by atoms with Gasteiger partial charge < -0.3 is 19.2 Å². The number of rotatable bonds is 5. The fourth-order valence-corrected chi connectivity index (χ4v) is 5.81. The van der Waals surface area contributed by atoms with Crippen LogP contribution in [-0.2, 0) is 22.6 Å². The van der Waals surface area contributed by atoms with Crippen LogP contribution < -0.4 is 4.74 Å². The second-order valence-corrected chi connectivity index (χ2v) is 9.99. The second-order valence-electron chi connectivity index (χ2n) is 9.99. The lowest BCUT2D eigenvalue weighted by Crippen LogP contribution is -2.46. The molecule has 2 aromatic carbocycles. The van der Waals surface area contributed by atoms with E-state index in [-0.39, 0.29) is 17.4 Å². The molecule has 0 aliphatic carbocycles. The topological polar surface area (TPSA) is 83.2 Å². The Morgan fingerprint density at radius 2 is 1.81 bits per heavy atom. The highest BCUT2D eigenvalue weighted by atomic mass is 16.5. The fourth-order valence-electron chi connectivity index (χ4n) is 5.81. The molecule has 3 aromatic rings. The minimum absolute atomic E-state index is 0.0864. The number of likely N-dealkylation sites (tertiary alicyclic amines) is 2. The maximum atomic E-state index is 13.4. The zero-order valence-corrected chi connectivity index (χ0v) is 20.6. The molecule has 6 rings (SSSR count). The van der Waals surface area contributed by atoms with Gasteiger partial charge in [-0.2, -0.15) is 0 Å². The van der Waals surface area contributed by atoms with Crippen molar-refractivity contribution in [2.24, 2.45) is 0 Å². The average Bonchev–Trinajstić information content (AvgIpc) is 3.56. The number of carbonyl (C=O) groups excluding carboxylic acids is 2. The van der Waals surface area contributed by atoms with E-state index in [9.17, 15) is 14.7 Å². The van der Waals surface area contributed by atoms with Crippen LogP contribution in [0.1, 0.15) is 47.8 Å². The Balaban J connectivity index is 1.30. The van der Waals surface area contributed by atoms with Crippen LogP contribution in [0.15, 0.2) is 76.9 Å². The zero-order chi connectivity index (χ0) is 25.4. The zero-order valence-electron chi connectivity index (χ0n) is 20.6. The van der Waals surface area contributed by atoms with Crippen molar-refractivity contribution in [3.8, 4) is 5.75 Å². The van der Waals surface area contributed by atoms with Crippen LogP contribution >= 0.6 is 0 Å². The first-order valence-corrected chi connectivity index (χ1v) is 13.0. The van der Waals surface area contributed by atoms with Gasteiger partial charge in [0.25, 0.3) is 11.7 Å². The molecule has 37 heavy (non-hydrogen) atoms. The molecule has 2 saturated heterocycles. The summed E-state index contributed by atoms with van der Waals surface area (Å²) in [4.78, 5) is 30.8. The molecule has 4 heterocycles. The number of aliphatic hydroxyl groups excluding tert-OH is 1. The molecular formula is C30H30N2O5. The first-order chi connectivity index (χ1) is 18.1. The van der Waals surface area contributed by atoms with Gasteiger partial charge in [0.2, 0.25) is 0 Å². The maximum Gasteiger partial charge on any atom is 0.296 e. The van der Waals surface area contributed by atoms with E-state index in [0.29, 0.717) is 17.9 Å². The highest BCUT2D eigenvalue weighted by Crippen LogP contribution is 2.43. The van der Waals surface area contributed by atoms with Crippen LogP contribution in [0.2, 0.25) is 0 Å². The number of nitrogens with zero attached hydrogens (tertiary/aromatic N) is 2. The Bertz CT molecular complexity index is 1320. The average molecular weight is 499 g/mol. The number of ketones is 1. The molecule has 0 bridgehead atoms. The Hall–Kier alpha value is -3.84. The summed E-state index contributed by atoms with van der Waals surface area (Å²) >= 11 is 0. The van der Waals surface area contributed by atoms with Gasteiger partial charge in [0.15, 0.2) is 0 Å². The van der Waals surface area contributed by atoms with Crippen molar-refractivity contribution in [3.63, 3.8) is 0 Å². The van der Waals surface area contributed by atoms with Gasteiger partial charge in [-0.05, 0) is 67.1 Å². The first kappa shape index (κ1) is 23.6. The van der Waals surface area contributed by atoms with Crippen molar-refractivity contribution < 1.29 is 23.8 Å². The largest absolute Gasteiger partial charge is 0.507 e. The van der Waals surface area contributed by atoms with E-state index in [0.717, 1.165) is 56.6 Å². The van der Waals surface area contributed by atoms with Crippen molar-refractivity contribution in [3.05, 3.63) is 95.0 Å². The van der Waals surface area contributed by atoms with Crippen molar-refractivity contribution in [2.75, 3.05) is 19.7 Å². The van der Waals surface area contributed by atoms with Crippen molar-refractivity contribution >= 4 is 17.4 Å². The summed E-state index contributed by atoms with van der Waals surface area (Å²) in [5, 5.41) is 11.4. The van der Waals surface area contributed by atoms with Gasteiger partial charge in [0.05, 0.1) is 18.4 Å². The highest BCUT2D eigenvalue weighted by Gasteiger charge is 2.50. The van der Waals surface area contributed by atoms with Crippen LogP contribution in [0.25, 0.3) is 5.76 Å². The molecule has 1 unspecified atom stereocenters. The van der Waals surface area contributed by atoms with Crippen LogP contribution in [0.5, 0.6) is 5.75 Å². The number of aliphatic hydroxyl groups is 1. The van der Waals surface area contributed by atoms with Crippen molar-refractivity contribution in [1.82, 2.24) is 9.80 Å². The Labute approximate surface area is 215 Å². The van der Waals surface area contributed by atoms with Crippen LogP contribution in [-0.4, -0.2) is 52.3 Å². The number of furan rings is 1. The molecule has 1 amide bonds. The lowest BCUT2D eigenvalue weighted by molar-refractivity contribution is -0.142. The number of hydrogen-bond donors (Lipinski definition) is 1. The van der Waals surface area contributed by atoms with Gasteiger partial charge >= 0.3 is 0 Å². The smallest absolute Gasteiger partial charge is 0.296 e. The number of benzene rings is 2. The number of hydrogen-bond acceptors (Lipinski definition) is 6. The quantitative estimate of drug-likeness (QED) is 0.312. The van der Waals surface area contributed by atoms with E-state index in [2.05, 4.69) is 17.0 Å². The minimum Gasteiger partial charge on any atom is -0.507 e. The number of piperidine rings is 1. The van der Waals surface area contributed by atoms with Gasteiger partial charge in [0, 0.05) is 31.2 Å². The highest BCUT2D eigenvalue weighted by molar-refractivity contribution is 6.46. The third-order valence-corrected chi connectivity index (χ3v) is 7.67. The third kappa shape index (κ3) is 4.44. The third-order valence-electron chi connectivity index (χ3n) is 7.67. The van der Waals surface area contributed by atoms with Gasteiger partial charge in [-0.3, -0.25) is 14.5 Å². The van der Waals surface area contributed by atoms with E-state index in [4.69, 9.17) is 9.15 Å². The van der Waals surface area contributed by atoms with Gasteiger partial charge in [-0.15, -0.1) is 0 Å². The molecular weight excluding hydrogens is 468 g/mol. The summed E-state index contributed by atoms with van der Waals surface area (Å²) < 4.78 is 11.4. The number of Topliss-reactive ketones (excluding diaryl/α,β-unsaturated/α-hetero) is 1. The van der Waals surface area contributed by atoms with Gasteiger partial charge in [0.1, 0.15) is 23.3 Å². The molecule has 0 spiro atoms. The molecule has 0 saturated carbocycles.